The van der Waals surface area contributed by atoms with Gasteiger partial charge in [0.1, 0.15) is 12.4 Å². The fourth-order valence-corrected chi connectivity index (χ4v) is 1.54. The lowest BCUT2D eigenvalue weighted by atomic mass is 10.0. The summed E-state index contributed by atoms with van der Waals surface area (Å²) in [6, 6.07) is 9.81. The fraction of sp³-hybridized carbons (Fsp3) is 0.500. The van der Waals surface area contributed by atoms with Crippen molar-refractivity contribution in [3.63, 3.8) is 0 Å². The van der Waals surface area contributed by atoms with Crippen LogP contribution in [0.25, 0.3) is 0 Å². The molecular formula is C12H17NO2. The molecule has 82 valence electrons. The molecule has 0 amide bonds. The third kappa shape index (κ3) is 2.94. The first-order chi connectivity index (χ1) is 7.29. The molecule has 1 aromatic carbocycles. The number of nitrogens with one attached hydrogen (secondary N) is 1. The first kappa shape index (κ1) is 10.5. The van der Waals surface area contributed by atoms with Crippen molar-refractivity contribution in [2.45, 2.75) is 12.5 Å². The Hall–Kier alpha value is -1.06. The second-order valence-electron chi connectivity index (χ2n) is 4.06. The van der Waals surface area contributed by atoms with Gasteiger partial charge in [-0.2, -0.15) is 0 Å². The molecule has 0 unspecified atom stereocenters. The van der Waals surface area contributed by atoms with Gasteiger partial charge in [0.15, 0.2) is 0 Å². The normalized spacial score (nSPS) is 18.2. The lowest BCUT2D eigenvalue weighted by molar-refractivity contribution is -0.0745. The van der Waals surface area contributed by atoms with E-state index in [0.29, 0.717) is 13.2 Å². The molecule has 1 N–H and O–H groups in total. The van der Waals surface area contributed by atoms with E-state index < -0.39 is 0 Å². The monoisotopic (exact) mass is 207 g/mol. The Morgan fingerprint density at radius 1 is 1.20 bits per heavy atom. The maximum Gasteiger partial charge on any atom is 0.119 e. The maximum atomic E-state index is 5.70. The second kappa shape index (κ2) is 4.64. The third-order valence-electron chi connectivity index (χ3n) is 2.54. The SMILES string of the molecule is CC1(OCCOc2ccccc2)CNC1. The van der Waals surface area contributed by atoms with Crippen LogP contribution in [-0.4, -0.2) is 31.9 Å². The van der Waals surface area contributed by atoms with Gasteiger partial charge >= 0.3 is 0 Å². The summed E-state index contributed by atoms with van der Waals surface area (Å²) in [4.78, 5) is 0. The quantitative estimate of drug-likeness (QED) is 0.741. The van der Waals surface area contributed by atoms with Crippen molar-refractivity contribution < 1.29 is 9.47 Å². The van der Waals surface area contributed by atoms with Gasteiger partial charge in [-0.3, -0.25) is 0 Å². The van der Waals surface area contributed by atoms with Gasteiger partial charge < -0.3 is 14.8 Å². The molecule has 1 saturated heterocycles. The van der Waals surface area contributed by atoms with Crippen molar-refractivity contribution in [3.05, 3.63) is 30.3 Å². The van der Waals surface area contributed by atoms with Gasteiger partial charge in [0.05, 0.1) is 12.2 Å². The number of rotatable bonds is 5. The zero-order valence-corrected chi connectivity index (χ0v) is 9.03. The van der Waals surface area contributed by atoms with Gasteiger partial charge in [0, 0.05) is 13.1 Å². The predicted molar refractivity (Wildman–Crippen MR) is 59.2 cm³/mol. The Morgan fingerprint density at radius 3 is 2.53 bits per heavy atom. The molecule has 0 aromatic heterocycles. The van der Waals surface area contributed by atoms with E-state index in [1.54, 1.807) is 0 Å². The topological polar surface area (TPSA) is 30.5 Å². The van der Waals surface area contributed by atoms with Crippen LogP contribution in [-0.2, 0) is 4.74 Å². The van der Waals surface area contributed by atoms with E-state index in [1.807, 2.05) is 30.3 Å². The summed E-state index contributed by atoms with van der Waals surface area (Å²) in [6.45, 7) is 5.26. The first-order valence-electron chi connectivity index (χ1n) is 5.31. The van der Waals surface area contributed by atoms with Crippen LogP contribution in [0.2, 0.25) is 0 Å². The summed E-state index contributed by atoms with van der Waals surface area (Å²) in [5, 5.41) is 3.19. The first-order valence-corrected chi connectivity index (χ1v) is 5.31. The van der Waals surface area contributed by atoms with Crippen LogP contribution in [0, 0.1) is 0 Å². The lowest BCUT2D eigenvalue weighted by Gasteiger charge is -2.39. The molecular weight excluding hydrogens is 190 g/mol. The van der Waals surface area contributed by atoms with Crippen LogP contribution in [0.15, 0.2) is 30.3 Å². The van der Waals surface area contributed by atoms with E-state index in [2.05, 4.69) is 12.2 Å². The Labute approximate surface area is 90.4 Å². The van der Waals surface area contributed by atoms with Crippen molar-refractivity contribution in [2.24, 2.45) is 0 Å². The molecule has 15 heavy (non-hydrogen) atoms. The number of benzene rings is 1. The van der Waals surface area contributed by atoms with E-state index in [9.17, 15) is 0 Å². The molecule has 0 aliphatic carbocycles. The molecule has 0 spiro atoms. The summed E-state index contributed by atoms with van der Waals surface area (Å²) in [6.07, 6.45) is 0. The molecule has 1 aromatic rings. The largest absolute Gasteiger partial charge is 0.491 e. The molecule has 3 nitrogen and oxygen atoms in total. The molecule has 1 aliphatic heterocycles. The maximum absolute atomic E-state index is 5.70. The molecule has 0 bridgehead atoms. The lowest BCUT2D eigenvalue weighted by Crippen LogP contribution is -2.59. The highest BCUT2D eigenvalue weighted by Gasteiger charge is 2.32. The molecule has 1 heterocycles. The highest BCUT2D eigenvalue weighted by Crippen LogP contribution is 2.15. The third-order valence-corrected chi connectivity index (χ3v) is 2.54. The van der Waals surface area contributed by atoms with E-state index in [4.69, 9.17) is 9.47 Å². The van der Waals surface area contributed by atoms with Crippen molar-refractivity contribution >= 4 is 0 Å². The summed E-state index contributed by atoms with van der Waals surface area (Å²) in [7, 11) is 0. The number of para-hydroxylation sites is 1. The summed E-state index contributed by atoms with van der Waals surface area (Å²) < 4.78 is 11.2. The summed E-state index contributed by atoms with van der Waals surface area (Å²) >= 11 is 0. The Bertz CT molecular complexity index is 296. The van der Waals surface area contributed by atoms with Gasteiger partial charge in [-0.25, -0.2) is 0 Å². The van der Waals surface area contributed by atoms with Crippen LogP contribution in [0.5, 0.6) is 5.75 Å². The Morgan fingerprint density at radius 2 is 1.93 bits per heavy atom. The molecule has 0 atom stereocenters. The zero-order valence-electron chi connectivity index (χ0n) is 9.03. The number of hydrogen-bond donors (Lipinski definition) is 1. The smallest absolute Gasteiger partial charge is 0.119 e. The van der Waals surface area contributed by atoms with E-state index in [1.165, 1.54) is 0 Å². The van der Waals surface area contributed by atoms with Gasteiger partial charge in [-0.1, -0.05) is 18.2 Å². The molecule has 0 saturated carbocycles. The highest BCUT2D eigenvalue weighted by atomic mass is 16.5. The number of ether oxygens (including phenoxy) is 2. The van der Waals surface area contributed by atoms with E-state index in [-0.39, 0.29) is 5.60 Å². The molecule has 3 heteroatoms. The average molecular weight is 207 g/mol. The van der Waals surface area contributed by atoms with Gasteiger partial charge in [0.25, 0.3) is 0 Å². The zero-order chi connectivity index (χ0) is 10.6. The predicted octanol–water partition coefficient (Wildman–Crippen LogP) is 1.44. The minimum Gasteiger partial charge on any atom is -0.491 e. The summed E-state index contributed by atoms with van der Waals surface area (Å²) in [5.41, 5.74) is 0.0278. The van der Waals surface area contributed by atoms with Crippen molar-refractivity contribution in [1.82, 2.24) is 5.32 Å². The minimum absolute atomic E-state index is 0.0278. The van der Waals surface area contributed by atoms with Crippen molar-refractivity contribution in [1.29, 1.82) is 0 Å². The summed E-state index contributed by atoms with van der Waals surface area (Å²) in [5.74, 6) is 0.901. The molecule has 0 radical (unpaired) electrons. The van der Waals surface area contributed by atoms with Gasteiger partial charge in [-0.05, 0) is 19.1 Å². The molecule has 1 fully saturated rings. The minimum atomic E-state index is 0.0278. The van der Waals surface area contributed by atoms with Crippen molar-refractivity contribution in [2.75, 3.05) is 26.3 Å². The highest BCUT2D eigenvalue weighted by molar-refractivity contribution is 5.20. The van der Waals surface area contributed by atoms with E-state index >= 15 is 0 Å². The van der Waals surface area contributed by atoms with Crippen LogP contribution < -0.4 is 10.1 Å². The standard InChI is InChI=1S/C12H17NO2/c1-12(9-13-10-12)15-8-7-14-11-5-3-2-4-6-11/h2-6,13H,7-10H2,1H3. The van der Waals surface area contributed by atoms with E-state index in [0.717, 1.165) is 18.8 Å². The van der Waals surface area contributed by atoms with Crippen LogP contribution in [0.4, 0.5) is 0 Å². The van der Waals surface area contributed by atoms with Gasteiger partial charge in [0.2, 0.25) is 0 Å². The average Bonchev–Trinajstić information content (AvgIpc) is 2.23. The second-order valence-corrected chi connectivity index (χ2v) is 4.06. The van der Waals surface area contributed by atoms with Crippen molar-refractivity contribution in [3.8, 4) is 5.75 Å². The Balaban J connectivity index is 1.63. The Kier molecular flexibility index (Phi) is 3.23. The molecule has 2 rings (SSSR count). The number of hydrogen-bond acceptors (Lipinski definition) is 3. The van der Waals surface area contributed by atoms with Crippen LogP contribution in [0.3, 0.4) is 0 Å². The van der Waals surface area contributed by atoms with Gasteiger partial charge in [-0.15, -0.1) is 0 Å². The van der Waals surface area contributed by atoms with Crippen LogP contribution >= 0.6 is 0 Å². The molecule has 1 aliphatic rings. The fourth-order valence-electron chi connectivity index (χ4n) is 1.54. The van der Waals surface area contributed by atoms with Crippen LogP contribution in [0.1, 0.15) is 6.92 Å².